The van der Waals surface area contributed by atoms with Gasteiger partial charge in [0.2, 0.25) is 5.91 Å². The predicted octanol–water partition coefficient (Wildman–Crippen LogP) is 1.87. The maximum absolute atomic E-state index is 12.1. The molecule has 6 heteroatoms. The van der Waals surface area contributed by atoms with Crippen LogP contribution < -0.4 is 0 Å². The van der Waals surface area contributed by atoms with E-state index in [1.54, 1.807) is 11.9 Å². The molecule has 0 aromatic heterocycles. The molecule has 1 aromatic carbocycles. The van der Waals surface area contributed by atoms with E-state index in [0.717, 1.165) is 5.56 Å². The highest BCUT2D eigenvalue weighted by Crippen LogP contribution is 2.24. The summed E-state index contributed by atoms with van der Waals surface area (Å²) in [6.45, 7) is 2.63. The van der Waals surface area contributed by atoms with Crippen molar-refractivity contribution >= 4 is 27.5 Å². The lowest BCUT2D eigenvalue weighted by molar-refractivity contribution is -0.127. The van der Waals surface area contributed by atoms with Crippen molar-refractivity contribution in [1.82, 2.24) is 4.90 Å². The molecule has 0 aliphatic carbocycles. The summed E-state index contributed by atoms with van der Waals surface area (Å²) in [5, 5.41) is 0.0748. The summed E-state index contributed by atoms with van der Waals surface area (Å²) in [5.41, 5.74) is 2.31. The first-order chi connectivity index (χ1) is 9.87. The Labute approximate surface area is 130 Å². The molecule has 0 spiro atoms. The van der Waals surface area contributed by atoms with Gasteiger partial charge in [-0.3, -0.25) is 4.79 Å². The first-order valence-electron chi connectivity index (χ1n) is 6.98. The number of aryl methyl sites for hydroxylation is 1. The molecule has 1 amide bonds. The number of thioether (sulfide) groups is 1. The Morgan fingerprint density at radius 2 is 2.10 bits per heavy atom. The van der Waals surface area contributed by atoms with E-state index in [4.69, 9.17) is 0 Å². The molecule has 21 heavy (non-hydrogen) atoms. The summed E-state index contributed by atoms with van der Waals surface area (Å²) in [6, 6.07) is 8.01. The molecule has 1 aliphatic heterocycles. The third-order valence-corrected chi connectivity index (χ3v) is 6.99. The minimum absolute atomic E-state index is 0.0487. The maximum Gasteiger partial charge on any atom is 0.232 e. The van der Waals surface area contributed by atoms with Gasteiger partial charge in [0.25, 0.3) is 0 Å². The molecule has 1 fully saturated rings. The number of carbonyl (C=O) groups is 1. The van der Waals surface area contributed by atoms with Crippen molar-refractivity contribution in [1.29, 1.82) is 0 Å². The van der Waals surface area contributed by atoms with Gasteiger partial charge in [-0.05, 0) is 24.5 Å². The lowest BCUT2D eigenvalue weighted by atomic mass is 10.1. The number of hydrogen-bond acceptors (Lipinski definition) is 4. The molecule has 1 atom stereocenters. The van der Waals surface area contributed by atoms with Crippen LogP contribution in [0.3, 0.4) is 0 Å². The second-order valence-corrected chi connectivity index (χ2v) is 9.03. The van der Waals surface area contributed by atoms with Gasteiger partial charge < -0.3 is 4.90 Å². The molecule has 116 valence electrons. The second kappa shape index (κ2) is 6.83. The van der Waals surface area contributed by atoms with E-state index >= 15 is 0 Å². The summed E-state index contributed by atoms with van der Waals surface area (Å²) in [5.74, 6) is 0.875. The van der Waals surface area contributed by atoms with Gasteiger partial charge in [0.05, 0.1) is 17.3 Å². The fourth-order valence-corrected chi connectivity index (χ4v) is 5.91. The van der Waals surface area contributed by atoms with Gasteiger partial charge >= 0.3 is 0 Å². The zero-order valence-corrected chi connectivity index (χ0v) is 14.0. The molecule has 0 N–H and O–H groups in total. The SMILES string of the molecule is Cc1ccccc1CN(C)C(=O)CSC1CCS(=O)(=O)C1. The highest BCUT2D eigenvalue weighted by molar-refractivity contribution is 8.02. The average Bonchev–Trinajstić information content (AvgIpc) is 2.78. The van der Waals surface area contributed by atoms with Gasteiger partial charge in [0, 0.05) is 18.8 Å². The normalized spacial score (nSPS) is 20.4. The number of sulfone groups is 1. The molecule has 0 saturated carbocycles. The lowest BCUT2D eigenvalue weighted by Gasteiger charge is -2.19. The van der Waals surface area contributed by atoms with Crippen LogP contribution in [0.2, 0.25) is 0 Å². The molecule has 0 bridgehead atoms. The Morgan fingerprint density at radius 1 is 1.38 bits per heavy atom. The lowest BCUT2D eigenvalue weighted by Crippen LogP contribution is -2.29. The molecule has 1 aromatic rings. The monoisotopic (exact) mass is 327 g/mol. The van der Waals surface area contributed by atoms with Crippen molar-refractivity contribution in [3.8, 4) is 0 Å². The molecule has 1 saturated heterocycles. The van der Waals surface area contributed by atoms with E-state index in [-0.39, 0.29) is 22.7 Å². The second-order valence-electron chi connectivity index (χ2n) is 5.51. The number of rotatable bonds is 5. The highest BCUT2D eigenvalue weighted by atomic mass is 32.2. The minimum Gasteiger partial charge on any atom is -0.341 e. The molecule has 4 nitrogen and oxygen atoms in total. The van der Waals surface area contributed by atoms with Crippen LogP contribution in [0.5, 0.6) is 0 Å². The van der Waals surface area contributed by atoms with Crippen LogP contribution in [0.4, 0.5) is 0 Å². The summed E-state index contributed by atoms with van der Waals surface area (Å²) < 4.78 is 22.8. The van der Waals surface area contributed by atoms with Crippen molar-refractivity contribution in [3.63, 3.8) is 0 Å². The predicted molar refractivity (Wildman–Crippen MR) is 87.2 cm³/mol. The third-order valence-electron chi connectivity index (χ3n) is 3.73. The smallest absolute Gasteiger partial charge is 0.232 e. The van der Waals surface area contributed by atoms with Crippen molar-refractivity contribution in [2.45, 2.75) is 25.1 Å². The largest absolute Gasteiger partial charge is 0.341 e. The van der Waals surface area contributed by atoms with Gasteiger partial charge in [-0.25, -0.2) is 8.42 Å². The van der Waals surface area contributed by atoms with E-state index in [2.05, 4.69) is 0 Å². The maximum atomic E-state index is 12.1. The quantitative estimate of drug-likeness (QED) is 0.828. The van der Waals surface area contributed by atoms with Crippen LogP contribution in [-0.4, -0.2) is 48.8 Å². The van der Waals surface area contributed by atoms with Crippen molar-refractivity contribution < 1.29 is 13.2 Å². The summed E-state index contributed by atoms with van der Waals surface area (Å²) in [6.07, 6.45) is 0.668. The van der Waals surface area contributed by atoms with Gasteiger partial charge in [0.15, 0.2) is 9.84 Å². The van der Waals surface area contributed by atoms with Crippen molar-refractivity contribution in [3.05, 3.63) is 35.4 Å². The van der Waals surface area contributed by atoms with Crippen LogP contribution in [-0.2, 0) is 21.2 Å². The Kier molecular flexibility index (Phi) is 5.32. The molecule has 2 rings (SSSR count). The molecular weight excluding hydrogens is 306 g/mol. The summed E-state index contributed by atoms with van der Waals surface area (Å²) >= 11 is 1.47. The molecule has 1 heterocycles. The molecular formula is C15H21NO3S2. The van der Waals surface area contributed by atoms with Crippen LogP contribution >= 0.6 is 11.8 Å². The minimum atomic E-state index is -2.86. The number of carbonyl (C=O) groups excluding carboxylic acids is 1. The highest BCUT2D eigenvalue weighted by Gasteiger charge is 2.28. The number of benzene rings is 1. The molecule has 1 aliphatic rings. The third kappa shape index (κ3) is 4.74. The first-order valence-corrected chi connectivity index (χ1v) is 9.85. The fraction of sp³-hybridized carbons (Fsp3) is 0.533. The zero-order valence-electron chi connectivity index (χ0n) is 12.4. The van der Waals surface area contributed by atoms with E-state index in [9.17, 15) is 13.2 Å². The number of nitrogens with zero attached hydrogens (tertiary/aromatic N) is 1. The van der Waals surface area contributed by atoms with Gasteiger partial charge in [-0.1, -0.05) is 24.3 Å². The van der Waals surface area contributed by atoms with E-state index in [1.165, 1.54) is 17.3 Å². The Hall–Kier alpha value is -1.01. The van der Waals surface area contributed by atoms with E-state index in [0.29, 0.717) is 18.7 Å². The molecule has 0 radical (unpaired) electrons. The summed E-state index contributed by atoms with van der Waals surface area (Å²) in [4.78, 5) is 13.8. The van der Waals surface area contributed by atoms with Gasteiger partial charge in [-0.15, -0.1) is 11.8 Å². The van der Waals surface area contributed by atoms with Crippen LogP contribution in [0, 0.1) is 6.92 Å². The van der Waals surface area contributed by atoms with Crippen molar-refractivity contribution in [2.75, 3.05) is 24.3 Å². The Morgan fingerprint density at radius 3 is 2.71 bits per heavy atom. The number of hydrogen-bond donors (Lipinski definition) is 0. The van der Waals surface area contributed by atoms with Crippen LogP contribution in [0.15, 0.2) is 24.3 Å². The van der Waals surface area contributed by atoms with Crippen molar-refractivity contribution in [2.24, 2.45) is 0 Å². The number of amides is 1. The standard InChI is InChI=1S/C15H21NO3S2/c1-12-5-3-4-6-13(12)9-16(2)15(17)10-20-14-7-8-21(18,19)11-14/h3-6,14H,7-11H2,1-2H3. The van der Waals surface area contributed by atoms with E-state index < -0.39 is 9.84 Å². The Balaban J connectivity index is 1.82. The average molecular weight is 327 g/mol. The van der Waals surface area contributed by atoms with Crippen LogP contribution in [0.1, 0.15) is 17.5 Å². The summed E-state index contributed by atoms with van der Waals surface area (Å²) in [7, 11) is -1.07. The Bertz CT molecular complexity index is 613. The zero-order chi connectivity index (χ0) is 15.5. The first kappa shape index (κ1) is 16.4. The fourth-order valence-electron chi connectivity index (χ4n) is 2.32. The van der Waals surface area contributed by atoms with E-state index in [1.807, 2.05) is 31.2 Å². The molecule has 1 unspecified atom stereocenters. The van der Waals surface area contributed by atoms with Gasteiger partial charge in [0.1, 0.15) is 0 Å². The van der Waals surface area contributed by atoms with Gasteiger partial charge in [-0.2, -0.15) is 0 Å². The van der Waals surface area contributed by atoms with Crippen LogP contribution in [0.25, 0.3) is 0 Å². The topological polar surface area (TPSA) is 54.5 Å².